The fourth-order valence-electron chi connectivity index (χ4n) is 2.76. The predicted molar refractivity (Wildman–Crippen MR) is 110 cm³/mol. The monoisotopic (exact) mass is 332 g/mol. The Labute approximate surface area is 152 Å². The van der Waals surface area contributed by atoms with E-state index in [1.807, 2.05) is 13.2 Å². The van der Waals surface area contributed by atoms with Gasteiger partial charge in [-0.3, -0.25) is 4.98 Å². The summed E-state index contributed by atoms with van der Waals surface area (Å²) in [6.07, 6.45) is 4.90. The highest BCUT2D eigenvalue weighted by atomic mass is 14.8. The van der Waals surface area contributed by atoms with Gasteiger partial charge < -0.3 is 5.32 Å². The maximum absolute atomic E-state index is 4.60. The van der Waals surface area contributed by atoms with E-state index in [2.05, 4.69) is 80.2 Å². The van der Waals surface area contributed by atoms with Gasteiger partial charge in [0.1, 0.15) is 0 Å². The molecule has 0 aliphatic heterocycles. The first-order valence-electron chi connectivity index (χ1n) is 9.04. The average molecular weight is 332 g/mol. The van der Waals surface area contributed by atoms with Crippen LogP contribution in [0.1, 0.15) is 56.0 Å². The maximum atomic E-state index is 4.60. The molecule has 0 fully saturated rings. The molecule has 0 saturated carbocycles. The molecule has 0 aliphatic carbocycles. The summed E-state index contributed by atoms with van der Waals surface area (Å²) in [4.78, 5) is 4.60. The molecular weight excluding hydrogens is 304 g/mol. The van der Waals surface area contributed by atoms with Crippen LogP contribution >= 0.6 is 0 Å². The number of nitrogens with zero attached hydrogens (tertiary/aromatic N) is 1. The zero-order chi connectivity index (χ0) is 18.2. The maximum Gasteiger partial charge on any atom is 0.0673 e. The molecule has 1 aromatic carbocycles. The van der Waals surface area contributed by atoms with Crippen molar-refractivity contribution in [1.82, 2.24) is 4.98 Å². The number of hydrogen-bond acceptors (Lipinski definition) is 2. The van der Waals surface area contributed by atoms with Crippen LogP contribution in [0.3, 0.4) is 0 Å². The second kappa shape index (κ2) is 9.08. The fourth-order valence-corrected chi connectivity index (χ4v) is 2.76. The predicted octanol–water partition coefficient (Wildman–Crippen LogP) is 5.73. The van der Waals surface area contributed by atoms with Gasteiger partial charge >= 0.3 is 0 Å². The van der Waals surface area contributed by atoms with Gasteiger partial charge in [-0.25, -0.2) is 0 Å². The standard InChI is InChI=1S/C23H28N2/c1-6-8-9-10-22(21-13-11-19(7-2)15-17(21)3)18(4)23-14-12-20(24-5)16-25-23/h11-16,24H,6-8H2,1-5H3/b22-18+. The summed E-state index contributed by atoms with van der Waals surface area (Å²) >= 11 is 0. The Balaban J connectivity index is 2.56. The molecule has 1 aromatic heterocycles. The van der Waals surface area contributed by atoms with E-state index >= 15 is 0 Å². The number of benzene rings is 1. The molecule has 1 heterocycles. The summed E-state index contributed by atoms with van der Waals surface area (Å²) in [5, 5.41) is 3.11. The van der Waals surface area contributed by atoms with Crippen molar-refractivity contribution in [3.8, 4) is 11.8 Å². The highest BCUT2D eigenvalue weighted by Gasteiger charge is 2.10. The van der Waals surface area contributed by atoms with Crippen LogP contribution < -0.4 is 5.32 Å². The lowest BCUT2D eigenvalue weighted by Crippen LogP contribution is -1.96. The lowest BCUT2D eigenvalue weighted by atomic mass is 9.93. The van der Waals surface area contributed by atoms with E-state index in [1.54, 1.807) is 0 Å². The van der Waals surface area contributed by atoms with Gasteiger partial charge in [0.05, 0.1) is 17.6 Å². The Kier molecular flexibility index (Phi) is 6.83. The Morgan fingerprint density at radius 3 is 2.52 bits per heavy atom. The van der Waals surface area contributed by atoms with Gasteiger partial charge in [-0.15, -0.1) is 0 Å². The smallest absolute Gasteiger partial charge is 0.0673 e. The summed E-state index contributed by atoms with van der Waals surface area (Å²) < 4.78 is 0. The SMILES string of the molecule is CCCC#C/C(=C(/C)c1ccc(NC)cn1)c1ccc(CC)cc1C. The van der Waals surface area contributed by atoms with Gasteiger partial charge in [0, 0.05) is 19.0 Å². The van der Waals surface area contributed by atoms with E-state index in [0.29, 0.717) is 0 Å². The molecule has 0 spiro atoms. The number of rotatable bonds is 5. The molecule has 0 radical (unpaired) electrons. The Bertz CT molecular complexity index is 802. The van der Waals surface area contributed by atoms with Crippen molar-refractivity contribution in [2.24, 2.45) is 0 Å². The largest absolute Gasteiger partial charge is 0.387 e. The van der Waals surface area contributed by atoms with Crippen LogP contribution in [0.2, 0.25) is 0 Å². The molecule has 25 heavy (non-hydrogen) atoms. The van der Waals surface area contributed by atoms with E-state index in [1.165, 1.54) is 16.7 Å². The van der Waals surface area contributed by atoms with Crippen molar-refractivity contribution >= 4 is 16.8 Å². The molecule has 0 saturated heterocycles. The average Bonchev–Trinajstić information content (AvgIpc) is 2.65. The molecule has 1 N–H and O–H groups in total. The second-order valence-electron chi connectivity index (χ2n) is 6.24. The number of pyridine rings is 1. The molecular formula is C23H28N2. The van der Waals surface area contributed by atoms with E-state index in [9.17, 15) is 0 Å². The number of allylic oxidation sites excluding steroid dienone is 2. The van der Waals surface area contributed by atoms with Crippen LogP contribution in [0.4, 0.5) is 5.69 Å². The van der Waals surface area contributed by atoms with Gasteiger partial charge in [0.2, 0.25) is 0 Å². The van der Waals surface area contributed by atoms with Gasteiger partial charge in [-0.1, -0.05) is 43.9 Å². The normalized spacial score (nSPS) is 11.4. The van der Waals surface area contributed by atoms with Crippen molar-refractivity contribution < 1.29 is 0 Å². The van der Waals surface area contributed by atoms with Crippen molar-refractivity contribution in [2.75, 3.05) is 12.4 Å². The number of hydrogen-bond donors (Lipinski definition) is 1. The molecule has 0 aliphatic rings. The summed E-state index contributed by atoms with van der Waals surface area (Å²) in [5.41, 5.74) is 8.02. The quantitative estimate of drug-likeness (QED) is 0.707. The van der Waals surface area contributed by atoms with Crippen LogP contribution in [-0.4, -0.2) is 12.0 Å². The minimum Gasteiger partial charge on any atom is -0.387 e. The first kappa shape index (κ1) is 18.8. The van der Waals surface area contributed by atoms with Crippen LogP contribution in [0.15, 0.2) is 36.5 Å². The van der Waals surface area contributed by atoms with Crippen LogP contribution in [0, 0.1) is 18.8 Å². The molecule has 2 aromatic rings. The van der Waals surface area contributed by atoms with Crippen LogP contribution in [0.5, 0.6) is 0 Å². The third-order valence-electron chi connectivity index (χ3n) is 4.37. The summed E-state index contributed by atoms with van der Waals surface area (Å²) in [5.74, 6) is 6.73. The number of aromatic nitrogens is 1. The molecule has 0 atom stereocenters. The Morgan fingerprint density at radius 2 is 1.96 bits per heavy atom. The first-order valence-corrected chi connectivity index (χ1v) is 9.04. The fraction of sp³-hybridized carbons (Fsp3) is 0.348. The van der Waals surface area contributed by atoms with E-state index in [4.69, 9.17) is 0 Å². The second-order valence-corrected chi connectivity index (χ2v) is 6.24. The summed E-state index contributed by atoms with van der Waals surface area (Å²) in [7, 11) is 1.90. The van der Waals surface area contributed by atoms with Crippen LogP contribution in [-0.2, 0) is 6.42 Å². The third kappa shape index (κ3) is 4.73. The van der Waals surface area contributed by atoms with Crippen LogP contribution in [0.25, 0.3) is 11.1 Å². The van der Waals surface area contributed by atoms with Crippen molar-refractivity contribution in [1.29, 1.82) is 0 Å². The molecule has 0 bridgehead atoms. The zero-order valence-electron chi connectivity index (χ0n) is 16.0. The molecule has 2 nitrogen and oxygen atoms in total. The number of aryl methyl sites for hydroxylation is 2. The van der Waals surface area contributed by atoms with Gasteiger partial charge in [-0.2, -0.15) is 0 Å². The highest BCUT2D eigenvalue weighted by Crippen LogP contribution is 2.28. The summed E-state index contributed by atoms with van der Waals surface area (Å²) in [6.45, 7) is 8.63. The molecule has 0 amide bonds. The summed E-state index contributed by atoms with van der Waals surface area (Å²) in [6, 6.07) is 10.8. The topological polar surface area (TPSA) is 24.9 Å². The number of anilines is 1. The van der Waals surface area contributed by atoms with Gasteiger partial charge in [0.15, 0.2) is 0 Å². The van der Waals surface area contributed by atoms with E-state index in [-0.39, 0.29) is 0 Å². The zero-order valence-corrected chi connectivity index (χ0v) is 16.0. The molecule has 2 heteroatoms. The Morgan fingerprint density at radius 1 is 1.16 bits per heavy atom. The number of unbranched alkanes of at least 4 members (excludes halogenated alkanes) is 1. The highest BCUT2D eigenvalue weighted by molar-refractivity contribution is 5.97. The van der Waals surface area contributed by atoms with Gasteiger partial charge in [-0.05, 0) is 61.1 Å². The lowest BCUT2D eigenvalue weighted by Gasteiger charge is -2.12. The Hall–Kier alpha value is -2.53. The molecule has 0 unspecified atom stereocenters. The first-order chi connectivity index (χ1) is 12.1. The third-order valence-corrected chi connectivity index (χ3v) is 4.37. The number of nitrogens with one attached hydrogen (secondary N) is 1. The van der Waals surface area contributed by atoms with Crippen molar-refractivity contribution in [3.05, 3.63) is 58.9 Å². The minimum atomic E-state index is 0.912. The van der Waals surface area contributed by atoms with Crippen molar-refractivity contribution in [2.45, 2.75) is 47.0 Å². The van der Waals surface area contributed by atoms with E-state index < -0.39 is 0 Å². The van der Waals surface area contributed by atoms with Gasteiger partial charge in [0.25, 0.3) is 0 Å². The van der Waals surface area contributed by atoms with E-state index in [0.717, 1.165) is 41.8 Å². The molecule has 2 rings (SSSR count). The van der Waals surface area contributed by atoms with Crippen molar-refractivity contribution in [3.63, 3.8) is 0 Å². The lowest BCUT2D eigenvalue weighted by molar-refractivity contribution is 0.983. The molecule has 130 valence electrons. The minimum absolute atomic E-state index is 0.912.